The molecule has 0 amide bonds. The minimum Gasteiger partial charge on any atom is -0.297 e. The largest absolute Gasteiger partial charge is 0.297 e. The van der Waals surface area contributed by atoms with Gasteiger partial charge >= 0.3 is 0 Å². The van der Waals surface area contributed by atoms with E-state index in [1.807, 2.05) is 6.92 Å². The maximum Gasteiger partial charge on any atom is 0.146 e. The van der Waals surface area contributed by atoms with Crippen LogP contribution in [0.25, 0.3) is 0 Å². The molecule has 2 heterocycles. The Morgan fingerprint density at radius 1 is 1.67 bits per heavy atom. The van der Waals surface area contributed by atoms with Crippen LogP contribution >= 0.6 is 15.9 Å². The Balaban J connectivity index is 2.08. The zero-order chi connectivity index (χ0) is 10.6. The minimum atomic E-state index is -0.488. The van der Waals surface area contributed by atoms with Crippen LogP contribution in [0.15, 0.2) is 16.7 Å². The Hall–Kier alpha value is -0.520. The molecule has 0 aromatic carbocycles. The van der Waals surface area contributed by atoms with Gasteiger partial charge in [-0.25, -0.2) is 9.37 Å². The number of hydrogen-bond donors (Lipinski definition) is 1. The Bertz CT molecular complexity index is 428. The van der Waals surface area contributed by atoms with Crippen LogP contribution in [0.5, 0.6) is 0 Å². The van der Waals surface area contributed by atoms with Crippen LogP contribution in [0, 0.1) is 11.7 Å². The van der Waals surface area contributed by atoms with Crippen molar-refractivity contribution in [2.45, 2.75) is 25.0 Å². The van der Waals surface area contributed by atoms with E-state index in [9.17, 15) is 4.39 Å². The molecule has 1 unspecified atom stereocenters. The van der Waals surface area contributed by atoms with Gasteiger partial charge in [-0.15, -0.1) is 0 Å². The van der Waals surface area contributed by atoms with Gasteiger partial charge in [-0.05, 0) is 41.4 Å². The molecule has 1 aliphatic heterocycles. The summed E-state index contributed by atoms with van der Waals surface area (Å²) < 4.78 is 14.3. The van der Waals surface area contributed by atoms with Crippen molar-refractivity contribution in [2.24, 2.45) is 5.92 Å². The maximum absolute atomic E-state index is 13.7. The van der Waals surface area contributed by atoms with Crippen LogP contribution in [0.1, 0.15) is 19.0 Å². The number of rotatable bonds is 1. The lowest BCUT2D eigenvalue weighted by molar-refractivity contribution is 0.0199. The van der Waals surface area contributed by atoms with Crippen molar-refractivity contribution in [3.63, 3.8) is 0 Å². The third-order valence-corrected chi connectivity index (χ3v) is 3.64. The van der Waals surface area contributed by atoms with Crippen molar-refractivity contribution in [3.8, 4) is 0 Å². The second kappa shape index (κ2) is 2.99. The standard InChI is InChI=1S/C10H10BrFN2O/c1-10(5-4-7(5)15-14-10)9-6(12)2-3-8(11)13-9/h2-3,5,7,14H,4H2,1H3/t5-,7?,10-/m1/s1. The highest BCUT2D eigenvalue weighted by molar-refractivity contribution is 9.10. The average molecular weight is 273 g/mol. The monoisotopic (exact) mass is 272 g/mol. The quantitative estimate of drug-likeness (QED) is 0.796. The lowest BCUT2D eigenvalue weighted by atomic mass is 9.92. The first-order chi connectivity index (χ1) is 7.11. The summed E-state index contributed by atoms with van der Waals surface area (Å²) in [5.41, 5.74) is 2.84. The van der Waals surface area contributed by atoms with Crippen molar-refractivity contribution < 1.29 is 9.23 Å². The minimum absolute atomic E-state index is 0.232. The van der Waals surface area contributed by atoms with Gasteiger partial charge in [0.05, 0.1) is 17.3 Å². The number of nitrogens with one attached hydrogen (secondary N) is 1. The van der Waals surface area contributed by atoms with Gasteiger partial charge in [0.2, 0.25) is 0 Å². The van der Waals surface area contributed by atoms with Gasteiger partial charge in [0, 0.05) is 5.92 Å². The molecular weight excluding hydrogens is 263 g/mol. The SMILES string of the molecule is C[C@@]1(c2nc(Br)ccc2F)NOC2C[C@H]21. The highest BCUT2D eigenvalue weighted by atomic mass is 79.9. The second-order valence-corrected chi connectivity index (χ2v) is 5.08. The Labute approximate surface area is 95.1 Å². The molecule has 2 aliphatic rings. The molecule has 5 heteroatoms. The summed E-state index contributed by atoms with van der Waals surface area (Å²) >= 11 is 3.25. The van der Waals surface area contributed by atoms with Crippen molar-refractivity contribution >= 4 is 15.9 Å². The maximum atomic E-state index is 13.7. The molecule has 3 rings (SSSR count). The van der Waals surface area contributed by atoms with Crippen LogP contribution in [-0.4, -0.2) is 11.1 Å². The molecule has 15 heavy (non-hydrogen) atoms. The fourth-order valence-electron chi connectivity index (χ4n) is 2.19. The predicted molar refractivity (Wildman–Crippen MR) is 55.4 cm³/mol. The smallest absolute Gasteiger partial charge is 0.146 e. The predicted octanol–water partition coefficient (Wildman–Crippen LogP) is 2.12. The molecule has 0 spiro atoms. The molecule has 1 saturated carbocycles. The van der Waals surface area contributed by atoms with Crippen molar-refractivity contribution in [1.82, 2.24) is 10.5 Å². The Kier molecular flexibility index (Phi) is 1.93. The highest BCUT2D eigenvalue weighted by Crippen LogP contribution is 2.52. The molecule has 1 aromatic rings. The molecule has 1 aliphatic carbocycles. The molecule has 80 valence electrons. The third kappa shape index (κ3) is 1.33. The molecule has 3 nitrogen and oxygen atoms in total. The fraction of sp³-hybridized carbons (Fsp3) is 0.500. The number of hydrogen-bond acceptors (Lipinski definition) is 3. The van der Waals surface area contributed by atoms with E-state index >= 15 is 0 Å². The molecule has 0 radical (unpaired) electrons. The number of nitrogens with zero attached hydrogens (tertiary/aromatic N) is 1. The van der Waals surface area contributed by atoms with Crippen molar-refractivity contribution in [2.75, 3.05) is 0 Å². The van der Waals surface area contributed by atoms with E-state index in [2.05, 4.69) is 26.4 Å². The molecular formula is C10H10BrFN2O. The van der Waals surface area contributed by atoms with Crippen LogP contribution in [-0.2, 0) is 10.4 Å². The summed E-state index contributed by atoms with van der Waals surface area (Å²) in [5, 5.41) is 0. The van der Waals surface area contributed by atoms with E-state index in [1.165, 1.54) is 6.07 Å². The molecule has 1 aromatic heterocycles. The fourth-order valence-corrected chi connectivity index (χ4v) is 2.50. The van der Waals surface area contributed by atoms with E-state index in [-0.39, 0.29) is 11.9 Å². The number of pyridine rings is 1. The van der Waals surface area contributed by atoms with Gasteiger partial charge in [0.1, 0.15) is 10.4 Å². The van der Waals surface area contributed by atoms with E-state index in [0.717, 1.165) is 6.42 Å². The van der Waals surface area contributed by atoms with Gasteiger partial charge in [-0.2, -0.15) is 5.48 Å². The summed E-state index contributed by atoms with van der Waals surface area (Å²) in [6.45, 7) is 1.93. The third-order valence-electron chi connectivity index (χ3n) is 3.20. The molecule has 1 saturated heterocycles. The topological polar surface area (TPSA) is 34.2 Å². The number of fused-ring (bicyclic) bond motifs is 1. The Morgan fingerprint density at radius 3 is 3.07 bits per heavy atom. The van der Waals surface area contributed by atoms with E-state index < -0.39 is 5.54 Å². The van der Waals surface area contributed by atoms with E-state index in [4.69, 9.17) is 4.84 Å². The number of halogens is 2. The lowest BCUT2D eigenvalue weighted by Gasteiger charge is -2.25. The van der Waals surface area contributed by atoms with Crippen molar-refractivity contribution in [3.05, 3.63) is 28.2 Å². The zero-order valence-electron chi connectivity index (χ0n) is 8.13. The van der Waals surface area contributed by atoms with E-state index in [1.54, 1.807) is 6.07 Å². The lowest BCUT2D eigenvalue weighted by Crippen LogP contribution is -2.38. The van der Waals surface area contributed by atoms with Crippen LogP contribution in [0.3, 0.4) is 0 Å². The molecule has 2 fully saturated rings. The summed E-state index contributed by atoms with van der Waals surface area (Å²) in [6.07, 6.45) is 1.21. The van der Waals surface area contributed by atoms with Crippen molar-refractivity contribution in [1.29, 1.82) is 0 Å². The first-order valence-corrected chi connectivity index (χ1v) is 5.66. The van der Waals surface area contributed by atoms with Gasteiger partial charge < -0.3 is 0 Å². The number of aromatic nitrogens is 1. The number of hydroxylamine groups is 1. The molecule has 0 bridgehead atoms. The summed E-state index contributed by atoms with van der Waals surface area (Å²) in [6, 6.07) is 3.03. The van der Waals surface area contributed by atoms with Gasteiger partial charge in [-0.1, -0.05) is 0 Å². The normalized spacial score (nSPS) is 37.8. The van der Waals surface area contributed by atoms with Crippen LogP contribution < -0.4 is 5.48 Å². The summed E-state index contributed by atoms with van der Waals surface area (Å²) in [7, 11) is 0. The van der Waals surface area contributed by atoms with E-state index in [0.29, 0.717) is 16.2 Å². The Morgan fingerprint density at radius 2 is 2.47 bits per heavy atom. The van der Waals surface area contributed by atoms with Gasteiger partial charge in [-0.3, -0.25) is 4.84 Å². The van der Waals surface area contributed by atoms with Gasteiger partial charge in [0.15, 0.2) is 0 Å². The summed E-state index contributed by atoms with van der Waals surface area (Å²) in [5.74, 6) is 0.0538. The average Bonchev–Trinajstić information content (AvgIpc) is 2.92. The highest BCUT2D eigenvalue weighted by Gasteiger charge is 2.59. The van der Waals surface area contributed by atoms with Crippen LogP contribution in [0.2, 0.25) is 0 Å². The zero-order valence-corrected chi connectivity index (χ0v) is 9.71. The molecule has 3 atom stereocenters. The first-order valence-electron chi connectivity index (χ1n) is 4.86. The first kappa shape index (κ1) is 9.69. The van der Waals surface area contributed by atoms with Gasteiger partial charge in [0.25, 0.3) is 0 Å². The molecule has 1 N–H and O–H groups in total. The van der Waals surface area contributed by atoms with Crippen LogP contribution in [0.4, 0.5) is 4.39 Å². The second-order valence-electron chi connectivity index (χ2n) is 4.27. The summed E-state index contributed by atoms with van der Waals surface area (Å²) in [4.78, 5) is 9.52.